The number of ether oxygens (including phenoxy) is 1. The zero-order chi connectivity index (χ0) is 14.1. The second-order valence-corrected chi connectivity index (χ2v) is 4.87. The largest absolute Gasteiger partial charge is 0.445 e. The first kappa shape index (κ1) is 15.0. The number of rotatable bonds is 6. The van der Waals surface area contributed by atoms with Crippen molar-refractivity contribution >= 4 is 6.09 Å². The van der Waals surface area contributed by atoms with Crippen molar-refractivity contribution in [1.82, 2.24) is 5.32 Å². The van der Waals surface area contributed by atoms with Gasteiger partial charge in [0.05, 0.1) is 0 Å². The predicted molar refractivity (Wildman–Crippen MR) is 74.5 cm³/mol. The Labute approximate surface area is 114 Å². The fourth-order valence-electron chi connectivity index (χ4n) is 1.79. The van der Waals surface area contributed by atoms with E-state index in [2.05, 4.69) is 24.0 Å². The molecule has 0 fully saturated rings. The number of nitrogens with one attached hydrogen (secondary N) is 1. The van der Waals surface area contributed by atoms with E-state index in [1.165, 1.54) is 0 Å². The molecule has 19 heavy (non-hydrogen) atoms. The second-order valence-electron chi connectivity index (χ2n) is 4.87. The first-order valence-electron chi connectivity index (χ1n) is 6.42. The standard InChI is InChI=1S/C15H20N2O2/c1-12(2)9-14(10-16-3)17-15(18)19-11-13-7-5-4-6-8-13/h4-8,12,14H,9-11H2,1-2H3,(H,17,18). The van der Waals surface area contributed by atoms with Gasteiger partial charge in [-0.2, -0.15) is 0 Å². The van der Waals surface area contributed by atoms with Crippen LogP contribution in [0.15, 0.2) is 30.3 Å². The molecule has 0 aliphatic rings. The van der Waals surface area contributed by atoms with E-state index in [4.69, 9.17) is 11.3 Å². The van der Waals surface area contributed by atoms with Gasteiger partial charge >= 0.3 is 6.09 Å². The number of hydrogen-bond donors (Lipinski definition) is 1. The van der Waals surface area contributed by atoms with E-state index in [9.17, 15) is 4.79 Å². The Hall–Kier alpha value is -2.02. The molecular formula is C15H20N2O2. The van der Waals surface area contributed by atoms with Crippen LogP contribution in [-0.2, 0) is 11.3 Å². The van der Waals surface area contributed by atoms with E-state index in [0.717, 1.165) is 12.0 Å². The maximum absolute atomic E-state index is 11.6. The second kappa shape index (κ2) is 8.15. The Kier molecular flexibility index (Phi) is 6.45. The van der Waals surface area contributed by atoms with Crippen molar-refractivity contribution in [2.24, 2.45) is 5.92 Å². The Morgan fingerprint density at radius 1 is 1.37 bits per heavy atom. The van der Waals surface area contributed by atoms with Crippen LogP contribution in [-0.4, -0.2) is 18.7 Å². The van der Waals surface area contributed by atoms with E-state index in [1.807, 2.05) is 30.3 Å². The first-order valence-corrected chi connectivity index (χ1v) is 6.42. The van der Waals surface area contributed by atoms with Crippen LogP contribution in [0.3, 0.4) is 0 Å². The smallest absolute Gasteiger partial charge is 0.407 e. The van der Waals surface area contributed by atoms with E-state index in [0.29, 0.717) is 12.5 Å². The van der Waals surface area contributed by atoms with Gasteiger partial charge in [0.1, 0.15) is 12.6 Å². The zero-order valence-corrected chi connectivity index (χ0v) is 11.4. The minimum Gasteiger partial charge on any atom is -0.445 e. The summed E-state index contributed by atoms with van der Waals surface area (Å²) in [6.45, 7) is 11.6. The van der Waals surface area contributed by atoms with Crippen molar-refractivity contribution in [3.8, 4) is 0 Å². The predicted octanol–water partition coefficient (Wildman–Crippen LogP) is 3.25. The van der Waals surface area contributed by atoms with Crippen LogP contribution < -0.4 is 5.32 Å². The molecule has 4 heteroatoms. The summed E-state index contributed by atoms with van der Waals surface area (Å²) in [7, 11) is 0. The summed E-state index contributed by atoms with van der Waals surface area (Å²) in [6.07, 6.45) is 0.321. The van der Waals surface area contributed by atoms with Gasteiger partial charge < -0.3 is 14.9 Å². The molecule has 0 aliphatic carbocycles. The van der Waals surface area contributed by atoms with Gasteiger partial charge in [-0.15, -0.1) is 0 Å². The lowest BCUT2D eigenvalue weighted by molar-refractivity contribution is 0.135. The average Bonchev–Trinajstić information content (AvgIpc) is 2.37. The van der Waals surface area contributed by atoms with Crippen LogP contribution in [0, 0.1) is 12.5 Å². The molecular weight excluding hydrogens is 240 g/mol. The van der Waals surface area contributed by atoms with Gasteiger partial charge in [-0.1, -0.05) is 44.2 Å². The van der Waals surface area contributed by atoms with E-state index < -0.39 is 6.09 Å². The fraction of sp³-hybridized carbons (Fsp3) is 0.467. The quantitative estimate of drug-likeness (QED) is 0.798. The summed E-state index contributed by atoms with van der Waals surface area (Å²) in [5, 5.41) is 2.74. The molecule has 0 bridgehead atoms. The third kappa shape index (κ3) is 6.46. The summed E-state index contributed by atoms with van der Waals surface area (Å²) in [5.74, 6) is 0.432. The molecule has 0 aromatic heterocycles. The van der Waals surface area contributed by atoms with Crippen LogP contribution in [0.5, 0.6) is 0 Å². The summed E-state index contributed by atoms with van der Waals surface area (Å²) in [5.41, 5.74) is 0.947. The lowest BCUT2D eigenvalue weighted by atomic mass is 10.0. The van der Waals surface area contributed by atoms with Gasteiger partial charge in [-0.05, 0) is 17.9 Å². The number of carbonyl (C=O) groups excluding carboxylic acids is 1. The highest BCUT2D eigenvalue weighted by Gasteiger charge is 2.17. The minimum atomic E-state index is -0.460. The molecule has 0 saturated heterocycles. The van der Waals surface area contributed by atoms with E-state index in [1.54, 1.807) is 0 Å². The highest BCUT2D eigenvalue weighted by molar-refractivity contribution is 5.67. The summed E-state index contributed by atoms with van der Waals surface area (Å²) in [6, 6.07) is 9.38. The number of alkyl carbamates (subject to hydrolysis) is 1. The maximum atomic E-state index is 11.6. The van der Waals surface area contributed by atoms with Crippen LogP contribution in [0.4, 0.5) is 4.79 Å². The minimum absolute atomic E-state index is 0.138. The molecule has 4 nitrogen and oxygen atoms in total. The Morgan fingerprint density at radius 2 is 2.05 bits per heavy atom. The summed E-state index contributed by atoms with van der Waals surface area (Å²) < 4.78 is 5.13. The SMILES string of the molecule is [C-]#[N+]CC(CC(C)C)NC(=O)OCc1ccccc1. The third-order valence-electron chi connectivity index (χ3n) is 2.60. The number of carbonyl (C=O) groups is 1. The van der Waals surface area contributed by atoms with E-state index >= 15 is 0 Å². The topological polar surface area (TPSA) is 42.7 Å². The van der Waals surface area contributed by atoms with Gasteiger partial charge in [0.2, 0.25) is 6.54 Å². The first-order chi connectivity index (χ1) is 9.11. The highest BCUT2D eigenvalue weighted by Crippen LogP contribution is 2.06. The van der Waals surface area contributed by atoms with Crippen LogP contribution in [0.25, 0.3) is 4.85 Å². The van der Waals surface area contributed by atoms with Crippen molar-refractivity contribution < 1.29 is 9.53 Å². The van der Waals surface area contributed by atoms with Gasteiger partial charge in [0, 0.05) is 0 Å². The Balaban J connectivity index is 2.38. The molecule has 1 amide bonds. The molecule has 102 valence electrons. The summed E-state index contributed by atoms with van der Waals surface area (Å²) >= 11 is 0. The lowest BCUT2D eigenvalue weighted by Gasteiger charge is -2.15. The van der Waals surface area contributed by atoms with Gasteiger partial charge in [-0.3, -0.25) is 0 Å². The molecule has 1 aromatic carbocycles. The molecule has 0 aliphatic heterocycles. The number of nitrogens with zero attached hydrogens (tertiary/aromatic N) is 1. The normalized spacial score (nSPS) is 11.7. The molecule has 0 spiro atoms. The van der Waals surface area contributed by atoms with Crippen molar-refractivity contribution in [3.05, 3.63) is 47.3 Å². The molecule has 0 radical (unpaired) electrons. The fourth-order valence-corrected chi connectivity index (χ4v) is 1.79. The Morgan fingerprint density at radius 3 is 2.63 bits per heavy atom. The van der Waals surface area contributed by atoms with Crippen molar-refractivity contribution in [3.63, 3.8) is 0 Å². The number of amides is 1. The molecule has 1 rings (SSSR count). The van der Waals surface area contributed by atoms with Gasteiger partial charge in [-0.25, -0.2) is 11.4 Å². The Bertz CT molecular complexity index is 424. The van der Waals surface area contributed by atoms with Crippen LogP contribution in [0.2, 0.25) is 0 Å². The lowest BCUT2D eigenvalue weighted by Crippen LogP contribution is -2.37. The van der Waals surface area contributed by atoms with Crippen LogP contribution in [0.1, 0.15) is 25.8 Å². The van der Waals surface area contributed by atoms with Crippen molar-refractivity contribution in [2.75, 3.05) is 6.54 Å². The maximum Gasteiger partial charge on any atom is 0.407 e. The van der Waals surface area contributed by atoms with Crippen LogP contribution >= 0.6 is 0 Å². The molecule has 1 aromatic rings. The molecule has 1 atom stereocenters. The summed E-state index contributed by atoms with van der Waals surface area (Å²) in [4.78, 5) is 15.0. The molecule has 0 saturated carbocycles. The van der Waals surface area contributed by atoms with E-state index in [-0.39, 0.29) is 12.6 Å². The molecule has 1 unspecified atom stereocenters. The van der Waals surface area contributed by atoms with Gasteiger partial charge in [0.15, 0.2) is 0 Å². The number of hydrogen-bond acceptors (Lipinski definition) is 2. The zero-order valence-electron chi connectivity index (χ0n) is 11.4. The third-order valence-corrected chi connectivity index (χ3v) is 2.60. The molecule has 0 heterocycles. The number of benzene rings is 1. The monoisotopic (exact) mass is 260 g/mol. The highest BCUT2D eigenvalue weighted by atomic mass is 16.5. The molecule has 1 N–H and O–H groups in total. The van der Waals surface area contributed by atoms with Gasteiger partial charge in [0.25, 0.3) is 0 Å². The average molecular weight is 260 g/mol. The van der Waals surface area contributed by atoms with Crippen molar-refractivity contribution in [2.45, 2.75) is 32.9 Å². The van der Waals surface area contributed by atoms with Crippen molar-refractivity contribution in [1.29, 1.82) is 0 Å².